The SMILES string of the molecule is CCc1ccc(CN(C)C(=O)CC2CCCCC2N)cc1.Cl. The third-order valence-corrected chi connectivity index (χ3v) is 4.68. The maximum absolute atomic E-state index is 12.4. The third-order valence-electron chi connectivity index (χ3n) is 4.68. The van der Waals surface area contributed by atoms with Crippen LogP contribution in [0.3, 0.4) is 0 Å². The number of hydrogen-bond donors (Lipinski definition) is 1. The molecular formula is C18H29ClN2O. The highest BCUT2D eigenvalue weighted by atomic mass is 35.5. The van der Waals surface area contributed by atoms with E-state index in [4.69, 9.17) is 5.73 Å². The van der Waals surface area contributed by atoms with Crippen molar-refractivity contribution in [3.8, 4) is 0 Å². The number of aryl methyl sites for hydroxylation is 1. The van der Waals surface area contributed by atoms with Crippen LogP contribution in [0.2, 0.25) is 0 Å². The fraction of sp³-hybridized carbons (Fsp3) is 0.611. The molecule has 1 aliphatic rings. The summed E-state index contributed by atoms with van der Waals surface area (Å²) in [5, 5.41) is 0. The Kier molecular flexibility index (Phi) is 7.91. The molecule has 1 saturated carbocycles. The Bertz CT molecular complexity index is 461. The van der Waals surface area contributed by atoms with Gasteiger partial charge in [0, 0.05) is 26.1 Å². The minimum Gasteiger partial charge on any atom is -0.341 e. The highest BCUT2D eigenvalue weighted by molar-refractivity contribution is 5.85. The first-order chi connectivity index (χ1) is 10.1. The van der Waals surface area contributed by atoms with Crippen LogP contribution in [0.15, 0.2) is 24.3 Å². The first-order valence-electron chi connectivity index (χ1n) is 8.17. The molecule has 1 aromatic rings. The minimum atomic E-state index is 0. The molecule has 1 fully saturated rings. The van der Waals surface area contributed by atoms with E-state index in [0.717, 1.165) is 19.3 Å². The van der Waals surface area contributed by atoms with Gasteiger partial charge >= 0.3 is 0 Å². The van der Waals surface area contributed by atoms with Gasteiger partial charge in [-0.25, -0.2) is 0 Å². The first-order valence-corrected chi connectivity index (χ1v) is 8.17. The van der Waals surface area contributed by atoms with Gasteiger partial charge in [-0.1, -0.05) is 44.0 Å². The van der Waals surface area contributed by atoms with Crippen LogP contribution in [0.4, 0.5) is 0 Å². The van der Waals surface area contributed by atoms with E-state index >= 15 is 0 Å². The highest BCUT2D eigenvalue weighted by Crippen LogP contribution is 2.26. The predicted molar refractivity (Wildman–Crippen MR) is 94.1 cm³/mol. The molecule has 2 unspecified atom stereocenters. The zero-order valence-corrected chi connectivity index (χ0v) is 14.6. The Labute approximate surface area is 140 Å². The normalized spacial score (nSPS) is 21.0. The summed E-state index contributed by atoms with van der Waals surface area (Å²) in [6, 6.07) is 8.74. The fourth-order valence-electron chi connectivity index (χ4n) is 3.11. The third kappa shape index (κ3) is 5.29. The first kappa shape index (κ1) is 19.0. The van der Waals surface area contributed by atoms with E-state index < -0.39 is 0 Å². The molecular weight excluding hydrogens is 296 g/mol. The second-order valence-electron chi connectivity index (χ2n) is 6.33. The van der Waals surface area contributed by atoms with Crippen LogP contribution in [-0.4, -0.2) is 23.9 Å². The van der Waals surface area contributed by atoms with Crippen molar-refractivity contribution >= 4 is 18.3 Å². The van der Waals surface area contributed by atoms with Gasteiger partial charge in [0.15, 0.2) is 0 Å². The Morgan fingerprint density at radius 3 is 2.36 bits per heavy atom. The smallest absolute Gasteiger partial charge is 0.222 e. The van der Waals surface area contributed by atoms with Crippen LogP contribution in [0.5, 0.6) is 0 Å². The molecule has 2 N–H and O–H groups in total. The molecule has 1 amide bonds. The van der Waals surface area contributed by atoms with E-state index in [1.165, 1.54) is 24.0 Å². The summed E-state index contributed by atoms with van der Waals surface area (Å²) in [5.74, 6) is 0.591. The molecule has 0 heterocycles. The number of carbonyl (C=O) groups excluding carboxylic acids is 1. The summed E-state index contributed by atoms with van der Waals surface area (Å²) in [5.41, 5.74) is 8.67. The lowest BCUT2D eigenvalue weighted by atomic mass is 9.83. The number of carbonyl (C=O) groups is 1. The van der Waals surface area contributed by atoms with Crippen molar-refractivity contribution in [3.05, 3.63) is 35.4 Å². The van der Waals surface area contributed by atoms with E-state index in [2.05, 4.69) is 31.2 Å². The van der Waals surface area contributed by atoms with Gasteiger partial charge < -0.3 is 10.6 Å². The van der Waals surface area contributed by atoms with Crippen molar-refractivity contribution in [3.63, 3.8) is 0 Å². The van der Waals surface area contributed by atoms with Crippen LogP contribution in [0.25, 0.3) is 0 Å². The van der Waals surface area contributed by atoms with Crippen LogP contribution in [0.1, 0.15) is 50.2 Å². The fourth-order valence-corrected chi connectivity index (χ4v) is 3.11. The number of hydrogen-bond acceptors (Lipinski definition) is 2. The molecule has 2 atom stereocenters. The van der Waals surface area contributed by atoms with Gasteiger partial charge in [-0.2, -0.15) is 0 Å². The number of nitrogens with zero attached hydrogens (tertiary/aromatic N) is 1. The standard InChI is InChI=1S/C18H28N2O.ClH/c1-3-14-8-10-15(11-9-14)13-20(2)18(21)12-16-6-4-5-7-17(16)19;/h8-11,16-17H,3-7,12-13,19H2,1-2H3;1H. The molecule has 0 saturated heterocycles. The largest absolute Gasteiger partial charge is 0.341 e. The molecule has 124 valence electrons. The zero-order chi connectivity index (χ0) is 15.2. The lowest BCUT2D eigenvalue weighted by Gasteiger charge is -2.29. The molecule has 1 aliphatic carbocycles. The second kappa shape index (κ2) is 9.16. The molecule has 1 aromatic carbocycles. The summed E-state index contributed by atoms with van der Waals surface area (Å²) < 4.78 is 0. The van der Waals surface area contributed by atoms with Crippen molar-refractivity contribution in [2.45, 2.75) is 58.0 Å². The van der Waals surface area contributed by atoms with Crippen molar-refractivity contribution < 1.29 is 4.79 Å². The molecule has 0 bridgehead atoms. The van der Waals surface area contributed by atoms with Gasteiger partial charge in [0.2, 0.25) is 5.91 Å². The maximum Gasteiger partial charge on any atom is 0.222 e. The van der Waals surface area contributed by atoms with Crippen molar-refractivity contribution in [1.82, 2.24) is 4.90 Å². The van der Waals surface area contributed by atoms with Gasteiger partial charge in [0.25, 0.3) is 0 Å². The van der Waals surface area contributed by atoms with E-state index in [1.54, 1.807) is 0 Å². The number of amides is 1. The van der Waals surface area contributed by atoms with Crippen LogP contribution >= 0.6 is 12.4 Å². The van der Waals surface area contributed by atoms with Gasteiger partial charge in [0.1, 0.15) is 0 Å². The number of rotatable bonds is 5. The van der Waals surface area contributed by atoms with Crippen molar-refractivity contribution in [2.75, 3.05) is 7.05 Å². The number of nitrogens with two attached hydrogens (primary N) is 1. The Morgan fingerprint density at radius 2 is 1.77 bits per heavy atom. The van der Waals surface area contributed by atoms with Gasteiger partial charge in [-0.3, -0.25) is 4.79 Å². The Morgan fingerprint density at radius 1 is 1.18 bits per heavy atom. The number of halogens is 1. The van der Waals surface area contributed by atoms with Crippen molar-refractivity contribution in [2.24, 2.45) is 11.7 Å². The van der Waals surface area contributed by atoms with Gasteiger partial charge in [0.05, 0.1) is 0 Å². The molecule has 22 heavy (non-hydrogen) atoms. The summed E-state index contributed by atoms with van der Waals surface area (Å²) in [6.07, 6.45) is 6.25. The molecule has 3 nitrogen and oxygen atoms in total. The van der Waals surface area contributed by atoms with Gasteiger partial charge in [-0.05, 0) is 36.3 Å². The molecule has 0 aromatic heterocycles. The van der Waals surface area contributed by atoms with E-state index in [-0.39, 0.29) is 24.4 Å². The predicted octanol–water partition coefficient (Wildman–Crippen LogP) is 3.54. The quantitative estimate of drug-likeness (QED) is 0.900. The van der Waals surface area contributed by atoms with Crippen LogP contribution < -0.4 is 5.73 Å². The van der Waals surface area contributed by atoms with Gasteiger partial charge in [-0.15, -0.1) is 12.4 Å². The van der Waals surface area contributed by atoms with E-state index in [1.807, 2.05) is 11.9 Å². The lowest BCUT2D eigenvalue weighted by Crippen LogP contribution is -2.37. The second-order valence-corrected chi connectivity index (χ2v) is 6.33. The average Bonchev–Trinajstić information content (AvgIpc) is 2.50. The molecule has 0 aliphatic heterocycles. The van der Waals surface area contributed by atoms with Crippen molar-refractivity contribution in [1.29, 1.82) is 0 Å². The highest BCUT2D eigenvalue weighted by Gasteiger charge is 2.25. The average molecular weight is 325 g/mol. The summed E-state index contributed by atoms with van der Waals surface area (Å²) in [4.78, 5) is 14.2. The molecule has 0 radical (unpaired) electrons. The minimum absolute atomic E-state index is 0. The molecule has 2 rings (SSSR count). The topological polar surface area (TPSA) is 46.3 Å². The summed E-state index contributed by atoms with van der Waals surface area (Å²) >= 11 is 0. The Balaban J connectivity index is 0.00000242. The summed E-state index contributed by atoms with van der Waals surface area (Å²) in [6.45, 7) is 2.84. The Hall–Kier alpha value is -1.06. The lowest BCUT2D eigenvalue weighted by molar-refractivity contribution is -0.131. The van der Waals surface area contributed by atoms with E-state index in [0.29, 0.717) is 18.9 Å². The number of benzene rings is 1. The van der Waals surface area contributed by atoms with Crippen LogP contribution in [0, 0.1) is 5.92 Å². The molecule has 4 heteroatoms. The zero-order valence-electron chi connectivity index (χ0n) is 13.8. The maximum atomic E-state index is 12.4. The van der Waals surface area contributed by atoms with Crippen LogP contribution in [-0.2, 0) is 17.8 Å². The summed E-state index contributed by atoms with van der Waals surface area (Å²) in [7, 11) is 1.89. The molecule has 0 spiro atoms. The monoisotopic (exact) mass is 324 g/mol. The van der Waals surface area contributed by atoms with E-state index in [9.17, 15) is 4.79 Å².